The molecule has 0 saturated heterocycles. The third-order valence-electron chi connectivity index (χ3n) is 3.41. The lowest BCUT2D eigenvalue weighted by molar-refractivity contribution is 0.410. The molecule has 4 nitrogen and oxygen atoms in total. The van der Waals surface area contributed by atoms with Crippen LogP contribution < -0.4 is 5.32 Å². The van der Waals surface area contributed by atoms with Crippen LogP contribution in [0.4, 0.5) is 11.5 Å². The van der Waals surface area contributed by atoms with Gasteiger partial charge in [-0.1, -0.05) is 6.42 Å². The summed E-state index contributed by atoms with van der Waals surface area (Å²) < 4.78 is 0. The van der Waals surface area contributed by atoms with E-state index in [0.29, 0.717) is 11.5 Å². The van der Waals surface area contributed by atoms with E-state index < -0.39 is 0 Å². The molecule has 1 fully saturated rings. The van der Waals surface area contributed by atoms with Crippen LogP contribution in [0.2, 0.25) is 0 Å². The van der Waals surface area contributed by atoms with Crippen molar-refractivity contribution in [2.24, 2.45) is 0 Å². The number of aromatic nitrogens is 2. The number of anilines is 2. The van der Waals surface area contributed by atoms with Crippen LogP contribution in [0, 0.1) is 11.3 Å². The van der Waals surface area contributed by atoms with Gasteiger partial charge < -0.3 is 5.32 Å². The molecule has 18 heavy (non-hydrogen) atoms. The molecule has 2 N–H and O–H groups in total. The quantitative estimate of drug-likeness (QED) is 0.862. The number of benzene rings is 1. The van der Waals surface area contributed by atoms with Crippen molar-refractivity contribution in [2.75, 3.05) is 5.32 Å². The summed E-state index contributed by atoms with van der Waals surface area (Å²) in [6.07, 6.45) is 3.82. The fourth-order valence-corrected chi connectivity index (χ4v) is 2.10. The van der Waals surface area contributed by atoms with Gasteiger partial charge in [0.25, 0.3) is 0 Å². The second-order valence-electron chi connectivity index (χ2n) is 4.65. The molecule has 0 spiro atoms. The van der Waals surface area contributed by atoms with Gasteiger partial charge in [0.15, 0.2) is 0 Å². The zero-order chi connectivity index (χ0) is 12.4. The van der Waals surface area contributed by atoms with Crippen LogP contribution >= 0.6 is 0 Å². The molecule has 90 valence electrons. The summed E-state index contributed by atoms with van der Waals surface area (Å²) in [6, 6.07) is 11.6. The van der Waals surface area contributed by atoms with Crippen molar-refractivity contribution in [3.05, 3.63) is 41.6 Å². The zero-order valence-electron chi connectivity index (χ0n) is 9.98. The lowest BCUT2D eigenvalue weighted by Gasteiger charge is -2.22. The summed E-state index contributed by atoms with van der Waals surface area (Å²) in [6.45, 7) is 0. The smallest absolute Gasteiger partial charge is 0.126 e. The predicted molar refractivity (Wildman–Crippen MR) is 69.6 cm³/mol. The van der Waals surface area contributed by atoms with Crippen molar-refractivity contribution in [1.29, 1.82) is 5.26 Å². The van der Waals surface area contributed by atoms with Gasteiger partial charge in [0.1, 0.15) is 5.82 Å². The number of H-pyrrole nitrogens is 1. The first-order chi connectivity index (χ1) is 8.85. The van der Waals surface area contributed by atoms with Crippen LogP contribution in [0.25, 0.3) is 0 Å². The standard InChI is InChI=1S/C14H14N4/c15-9-10-4-6-12(7-5-10)16-14-8-13(17-18-14)11-2-1-3-11/h4-8,11H,1-3H2,(H2,16,17,18). The molecule has 0 unspecified atom stereocenters. The molecule has 1 aliphatic rings. The number of nitrogens with one attached hydrogen (secondary N) is 2. The topological polar surface area (TPSA) is 64.5 Å². The Balaban J connectivity index is 1.71. The van der Waals surface area contributed by atoms with Gasteiger partial charge in [-0.2, -0.15) is 10.4 Å². The fourth-order valence-electron chi connectivity index (χ4n) is 2.10. The highest BCUT2D eigenvalue weighted by molar-refractivity contribution is 5.57. The summed E-state index contributed by atoms with van der Waals surface area (Å²) in [7, 11) is 0. The maximum Gasteiger partial charge on any atom is 0.126 e. The van der Waals surface area contributed by atoms with E-state index in [1.54, 1.807) is 12.1 Å². The van der Waals surface area contributed by atoms with Crippen LogP contribution in [0.3, 0.4) is 0 Å². The van der Waals surface area contributed by atoms with Crippen LogP contribution in [0.1, 0.15) is 36.4 Å². The van der Waals surface area contributed by atoms with Gasteiger partial charge in [0.2, 0.25) is 0 Å². The lowest BCUT2D eigenvalue weighted by Crippen LogP contribution is -2.08. The molecule has 0 radical (unpaired) electrons. The molecule has 0 amide bonds. The van der Waals surface area contributed by atoms with E-state index >= 15 is 0 Å². The molecule has 1 aliphatic carbocycles. The third kappa shape index (κ3) is 2.07. The molecule has 0 bridgehead atoms. The van der Waals surface area contributed by atoms with Crippen molar-refractivity contribution in [3.8, 4) is 6.07 Å². The number of rotatable bonds is 3. The van der Waals surface area contributed by atoms with Gasteiger partial charge in [-0.3, -0.25) is 5.10 Å². The Morgan fingerprint density at radius 3 is 2.67 bits per heavy atom. The molecule has 2 aromatic rings. The minimum Gasteiger partial charge on any atom is -0.341 e. The van der Waals surface area contributed by atoms with E-state index in [1.807, 2.05) is 12.1 Å². The minimum absolute atomic E-state index is 0.637. The van der Waals surface area contributed by atoms with Gasteiger partial charge in [-0.25, -0.2) is 0 Å². The fraction of sp³-hybridized carbons (Fsp3) is 0.286. The first-order valence-electron chi connectivity index (χ1n) is 6.17. The molecule has 0 atom stereocenters. The first kappa shape index (κ1) is 10.8. The van der Waals surface area contributed by atoms with Crippen LogP contribution in [-0.4, -0.2) is 10.2 Å². The summed E-state index contributed by atoms with van der Waals surface area (Å²) in [5, 5.41) is 19.3. The number of hydrogen-bond donors (Lipinski definition) is 2. The highest BCUT2D eigenvalue weighted by Crippen LogP contribution is 2.36. The summed E-state index contributed by atoms with van der Waals surface area (Å²) >= 11 is 0. The monoisotopic (exact) mass is 238 g/mol. The molecular weight excluding hydrogens is 224 g/mol. The molecule has 4 heteroatoms. The third-order valence-corrected chi connectivity index (χ3v) is 3.41. The maximum atomic E-state index is 8.73. The Morgan fingerprint density at radius 1 is 1.28 bits per heavy atom. The maximum absolute atomic E-state index is 8.73. The van der Waals surface area contributed by atoms with Crippen LogP contribution in [0.15, 0.2) is 30.3 Å². The molecule has 1 aromatic carbocycles. The van der Waals surface area contributed by atoms with Crippen LogP contribution in [0.5, 0.6) is 0 Å². The van der Waals surface area contributed by atoms with Crippen molar-refractivity contribution >= 4 is 11.5 Å². The van der Waals surface area contributed by atoms with Gasteiger partial charge in [0.05, 0.1) is 17.3 Å². The van der Waals surface area contributed by atoms with Crippen LogP contribution in [-0.2, 0) is 0 Å². The van der Waals surface area contributed by atoms with E-state index in [9.17, 15) is 0 Å². The Hall–Kier alpha value is -2.28. The van der Waals surface area contributed by atoms with Crippen molar-refractivity contribution in [2.45, 2.75) is 25.2 Å². The number of nitriles is 1. The first-order valence-corrected chi connectivity index (χ1v) is 6.17. The largest absolute Gasteiger partial charge is 0.341 e. The molecule has 3 rings (SSSR count). The number of nitrogens with zero attached hydrogens (tertiary/aromatic N) is 2. The van der Waals surface area contributed by atoms with E-state index in [2.05, 4.69) is 27.6 Å². The van der Waals surface area contributed by atoms with Gasteiger partial charge in [-0.05, 0) is 37.1 Å². The van der Waals surface area contributed by atoms with E-state index in [0.717, 1.165) is 17.2 Å². The Bertz CT molecular complexity index is 573. The predicted octanol–water partition coefficient (Wildman–Crippen LogP) is 3.29. The Labute approximate surface area is 106 Å². The summed E-state index contributed by atoms with van der Waals surface area (Å²) in [5.41, 5.74) is 2.77. The van der Waals surface area contributed by atoms with Crippen molar-refractivity contribution in [1.82, 2.24) is 10.2 Å². The molecule has 1 saturated carbocycles. The summed E-state index contributed by atoms with van der Waals surface area (Å²) in [4.78, 5) is 0. The second-order valence-corrected chi connectivity index (χ2v) is 4.65. The Kier molecular flexibility index (Phi) is 2.73. The van der Waals surface area contributed by atoms with Crippen molar-refractivity contribution in [3.63, 3.8) is 0 Å². The van der Waals surface area contributed by atoms with Gasteiger partial charge >= 0.3 is 0 Å². The van der Waals surface area contributed by atoms with E-state index in [1.165, 1.54) is 19.3 Å². The normalized spacial score (nSPS) is 14.8. The molecule has 0 aliphatic heterocycles. The van der Waals surface area contributed by atoms with E-state index in [-0.39, 0.29) is 0 Å². The number of hydrogen-bond acceptors (Lipinski definition) is 3. The van der Waals surface area contributed by atoms with E-state index in [4.69, 9.17) is 5.26 Å². The average molecular weight is 238 g/mol. The van der Waals surface area contributed by atoms with Gasteiger partial charge in [-0.15, -0.1) is 0 Å². The zero-order valence-corrected chi connectivity index (χ0v) is 9.98. The second kappa shape index (κ2) is 4.53. The highest BCUT2D eigenvalue weighted by atomic mass is 15.2. The molecule has 1 aromatic heterocycles. The lowest BCUT2D eigenvalue weighted by atomic mass is 9.83. The highest BCUT2D eigenvalue weighted by Gasteiger charge is 2.21. The molecule has 1 heterocycles. The average Bonchev–Trinajstić information content (AvgIpc) is 2.76. The van der Waals surface area contributed by atoms with Gasteiger partial charge in [0, 0.05) is 17.7 Å². The Morgan fingerprint density at radius 2 is 2.06 bits per heavy atom. The van der Waals surface area contributed by atoms with Crippen molar-refractivity contribution < 1.29 is 0 Å². The summed E-state index contributed by atoms with van der Waals surface area (Å²) in [5.74, 6) is 1.54. The number of aromatic amines is 1. The molecular formula is C14H14N4. The SMILES string of the molecule is N#Cc1ccc(Nc2cc(C3CCC3)n[nH]2)cc1. The minimum atomic E-state index is 0.637.